The van der Waals surface area contributed by atoms with Gasteiger partial charge in [-0.2, -0.15) is 0 Å². The van der Waals surface area contributed by atoms with Gasteiger partial charge < -0.3 is 14.7 Å². The van der Waals surface area contributed by atoms with E-state index in [9.17, 15) is 0 Å². The Morgan fingerprint density at radius 2 is 0.920 bits per heavy atom. The average molecular weight is 1160 g/mol. The smallest absolute Gasteiger partial charge is 0.252 e. The fraction of sp³-hybridized carbons (Fsp3) is 0.429. The lowest BCUT2D eigenvalue weighted by molar-refractivity contribution is 0.332. The van der Waals surface area contributed by atoms with Crippen molar-refractivity contribution >= 4 is 74.3 Å². The molecular weight excluding hydrogens is 1060 g/mol. The van der Waals surface area contributed by atoms with Crippen LogP contribution in [0.5, 0.6) is 0 Å². The van der Waals surface area contributed by atoms with Crippen LogP contribution in [-0.4, -0.2) is 6.71 Å². The van der Waals surface area contributed by atoms with Gasteiger partial charge in [0.05, 0.1) is 5.69 Å². The lowest BCUT2D eigenvalue weighted by Crippen LogP contribution is -2.63. The molecule has 0 saturated heterocycles. The molecule has 1 atom stereocenters. The molecule has 4 heteroatoms. The zero-order valence-electron chi connectivity index (χ0n) is 57.9. The summed E-state index contributed by atoms with van der Waals surface area (Å²) in [4.78, 5) is 8.20. The minimum absolute atomic E-state index is 0.00222. The zero-order valence-corrected chi connectivity index (χ0v) is 57.9. The van der Waals surface area contributed by atoms with Gasteiger partial charge in [0.2, 0.25) is 0 Å². The van der Waals surface area contributed by atoms with E-state index >= 15 is 0 Å². The second kappa shape index (κ2) is 18.4. The molecule has 88 heavy (non-hydrogen) atoms. The monoisotopic (exact) mass is 1160 g/mol. The Labute approximate surface area is 530 Å². The summed E-state index contributed by atoms with van der Waals surface area (Å²) in [7, 11) is 0. The molecule has 3 heterocycles. The van der Waals surface area contributed by atoms with Gasteiger partial charge in [0.25, 0.3) is 6.71 Å². The molecule has 452 valence electrons. The quantitative estimate of drug-likeness (QED) is 0.163. The number of hydrogen-bond donors (Lipinski definition) is 0. The number of nitrogens with zero attached hydrogens (tertiary/aromatic N) is 3. The molecule has 0 spiro atoms. The molecule has 0 aromatic heterocycles. The lowest BCUT2D eigenvalue weighted by Gasteiger charge is -2.53. The summed E-state index contributed by atoms with van der Waals surface area (Å²) in [6, 6.07) is 52.8. The van der Waals surface area contributed by atoms with E-state index in [4.69, 9.17) is 0 Å². The molecule has 0 radical (unpaired) electrons. The third kappa shape index (κ3) is 8.40. The van der Waals surface area contributed by atoms with Crippen molar-refractivity contribution in [2.45, 2.75) is 234 Å². The first kappa shape index (κ1) is 58.9. The maximum atomic E-state index is 2.81. The van der Waals surface area contributed by atoms with Crippen molar-refractivity contribution in [1.29, 1.82) is 0 Å². The highest BCUT2D eigenvalue weighted by Crippen LogP contribution is 2.66. The minimum atomic E-state index is -0.468. The summed E-state index contributed by atoms with van der Waals surface area (Å²) in [5, 5.41) is 0. The lowest BCUT2D eigenvalue weighted by atomic mass is 9.32. The fourth-order valence-electron chi connectivity index (χ4n) is 17.3. The summed E-state index contributed by atoms with van der Waals surface area (Å²) in [6.07, 6.45) is 4.66. The van der Waals surface area contributed by atoms with Gasteiger partial charge in [-0.15, -0.1) is 0 Å². The Morgan fingerprint density at radius 1 is 0.398 bits per heavy atom. The van der Waals surface area contributed by atoms with Gasteiger partial charge in [-0.3, -0.25) is 0 Å². The molecule has 0 amide bonds. The van der Waals surface area contributed by atoms with Crippen LogP contribution in [0.25, 0.3) is 11.1 Å². The summed E-state index contributed by atoms with van der Waals surface area (Å²) < 4.78 is 0. The minimum Gasteiger partial charge on any atom is -0.311 e. The maximum absolute atomic E-state index is 2.81. The number of anilines is 9. The standard InChI is InChI=1S/C84H98BN3/c1-49-41-51(76(3,4)5)28-35-66(49)86(67-36-29-52(42-50(67)2)77(6,7)8)55-31-34-64-69(45-55)88-68-26-24-25-57-56-32-27-53(78(9,10)11)43-59(56)84(23,72(57)68)73-63(79(12,13)14)48-71-74(75(73)88)85(64)65-46-61-62(83(21,22)40-39-82(61,19)20)47-70(65)87(71)54-30-33-58-60(44-54)81(17,18)38-37-80(58,15)16/h24-36,41-48H,37-40H2,1-23H3. The Bertz CT molecular complexity index is 4260. The van der Waals surface area contributed by atoms with Crippen molar-refractivity contribution in [2.24, 2.45) is 0 Å². The van der Waals surface area contributed by atoms with Crippen molar-refractivity contribution in [3.05, 3.63) is 200 Å². The predicted molar refractivity (Wildman–Crippen MR) is 381 cm³/mol. The Kier molecular flexibility index (Phi) is 12.3. The molecule has 1 unspecified atom stereocenters. The van der Waals surface area contributed by atoms with Crippen LogP contribution in [0.15, 0.2) is 127 Å². The summed E-state index contributed by atoms with van der Waals surface area (Å²) in [5.74, 6) is 0. The van der Waals surface area contributed by atoms with Crippen LogP contribution in [0.1, 0.15) is 243 Å². The van der Waals surface area contributed by atoms with Crippen molar-refractivity contribution in [3.63, 3.8) is 0 Å². The third-order valence-corrected chi connectivity index (χ3v) is 23.0. The van der Waals surface area contributed by atoms with Crippen LogP contribution < -0.4 is 31.1 Å². The Balaban J connectivity index is 1.15. The van der Waals surface area contributed by atoms with Gasteiger partial charge in [0.15, 0.2) is 0 Å². The molecule has 0 saturated carbocycles. The van der Waals surface area contributed by atoms with Crippen LogP contribution in [0, 0.1) is 13.8 Å². The fourth-order valence-corrected chi connectivity index (χ4v) is 17.3. The first-order valence-corrected chi connectivity index (χ1v) is 33.5. The third-order valence-electron chi connectivity index (χ3n) is 23.0. The highest BCUT2D eigenvalue weighted by Gasteiger charge is 2.57. The largest absolute Gasteiger partial charge is 0.311 e. The van der Waals surface area contributed by atoms with Crippen LogP contribution in [0.2, 0.25) is 0 Å². The highest BCUT2D eigenvalue weighted by molar-refractivity contribution is 7.00. The molecule has 0 N–H and O–H groups in total. The first-order chi connectivity index (χ1) is 40.8. The van der Waals surface area contributed by atoms with Gasteiger partial charge in [-0.1, -0.05) is 211 Å². The van der Waals surface area contributed by atoms with Crippen molar-refractivity contribution in [3.8, 4) is 11.1 Å². The van der Waals surface area contributed by atoms with Gasteiger partial charge in [-0.25, -0.2) is 0 Å². The number of aryl methyl sites for hydroxylation is 2. The average Bonchev–Trinajstić information content (AvgIpc) is 1.15. The van der Waals surface area contributed by atoms with Crippen molar-refractivity contribution < 1.29 is 0 Å². The predicted octanol–water partition coefficient (Wildman–Crippen LogP) is 21.4. The Hall–Kier alpha value is -6.78. The van der Waals surface area contributed by atoms with Crippen LogP contribution in [0.4, 0.5) is 51.2 Å². The topological polar surface area (TPSA) is 9.72 Å². The van der Waals surface area contributed by atoms with E-state index in [1.807, 2.05) is 0 Å². The van der Waals surface area contributed by atoms with Crippen molar-refractivity contribution in [2.75, 3.05) is 14.7 Å². The molecule has 3 aliphatic heterocycles. The highest BCUT2D eigenvalue weighted by atomic mass is 15.2. The SMILES string of the molecule is Cc1cc(C(C)(C)C)ccc1N(c1ccc2c(c1)N1c3cccc4c3C(C)(c3cc(C(C)(C)C)ccc3-4)c3c(C(C)(C)C)cc4c(c31)B2c1cc2c(cc1N4c1ccc3c(c1)C(C)(C)CCC3(C)C)C(C)(C)CCC2(C)C)c1ccc(C(C)(C)C)cc1C. The van der Waals surface area contributed by atoms with Gasteiger partial charge >= 0.3 is 0 Å². The maximum Gasteiger partial charge on any atom is 0.252 e. The normalized spacial score (nSPS) is 19.5. The molecule has 3 aliphatic carbocycles. The zero-order chi connectivity index (χ0) is 63.1. The number of fused-ring (bicyclic) bond motifs is 12. The van der Waals surface area contributed by atoms with Crippen LogP contribution >= 0.6 is 0 Å². The molecule has 8 aromatic carbocycles. The summed E-state index contributed by atoms with van der Waals surface area (Å²) in [6.45, 7) is 55.9. The molecule has 0 fully saturated rings. The molecule has 3 nitrogen and oxygen atoms in total. The van der Waals surface area contributed by atoms with Gasteiger partial charge in [0, 0.05) is 50.9 Å². The molecule has 14 rings (SSSR count). The van der Waals surface area contributed by atoms with Gasteiger partial charge in [-0.05, 0) is 244 Å². The van der Waals surface area contributed by atoms with Crippen molar-refractivity contribution in [1.82, 2.24) is 0 Å². The van der Waals surface area contributed by atoms with E-state index in [2.05, 4.69) is 301 Å². The second-order valence-electron chi connectivity index (χ2n) is 35.1. The van der Waals surface area contributed by atoms with E-state index < -0.39 is 5.41 Å². The number of rotatable bonds is 4. The molecule has 6 aliphatic rings. The summed E-state index contributed by atoms with van der Waals surface area (Å²) in [5.41, 5.74) is 36.1. The van der Waals surface area contributed by atoms with E-state index in [0.29, 0.717) is 0 Å². The number of benzene rings is 8. The van der Waals surface area contributed by atoms with Crippen LogP contribution in [-0.2, 0) is 48.7 Å². The van der Waals surface area contributed by atoms with E-state index in [1.165, 1.54) is 157 Å². The second-order valence-corrected chi connectivity index (χ2v) is 35.1. The molecule has 0 bridgehead atoms. The molecule has 8 aromatic rings. The number of hydrogen-bond acceptors (Lipinski definition) is 3. The van der Waals surface area contributed by atoms with E-state index in [-0.39, 0.29) is 50.0 Å². The first-order valence-electron chi connectivity index (χ1n) is 33.5. The van der Waals surface area contributed by atoms with E-state index in [1.54, 1.807) is 0 Å². The van der Waals surface area contributed by atoms with Crippen LogP contribution in [0.3, 0.4) is 0 Å². The Morgan fingerprint density at radius 3 is 1.48 bits per heavy atom. The van der Waals surface area contributed by atoms with Gasteiger partial charge in [0.1, 0.15) is 0 Å². The molecular formula is C84H98BN3. The summed E-state index contributed by atoms with van der Waals surface area (Å²) >= 11 is 0. The van der Waals surface area contributed by atoms with E-state index in [0.717, 1.165) is 19.3 Å².